The minimum absolute atomic E-state index is 0.152. The molecule has 0 spiro atoms. The number of hydrogen-bond donors (Lipinski definition) is 1. The fourth-order valence-corrected chi connectivity index (χ4v) is 4.01. The van der Waals surface area contributed by atoms with Gasteiger partial charge >= 0.3 is 0 Å². The van der Waals surface area contributed by atoms with E-state index < -0.39 is 0 Å². The quantitative estimate of drug-likeness (QED) is 0.819. The number of thiophene rings is 1. The molecule has 1 saturated carbocycles. The van der Waals surface area contributed by atoms with Gasteiger partial charge in [-0.2, -0.15) is 11.3 Å². The van der Waals surface area contributed by atoms with Crippen molar-refractivity contribution in [1.82, 2.24) is 5.32 Å². The van der Waals surface area contributed by atoms with E-state index in [2.05, 4.69) is 21.2 Å². The van der Waals surface area contributed by atoms with Crippen molar-refractivity contribution in [2.24, 2.45) is 5.41 Å². The minimum atomic E-state index is 0.152. The maximum Gasteiger partial charge on any atom is 0.224 e. The summed E-state index contributed by atoms with van der Waals surface area (Å²) < 4.78 is 0. The molecule has 1 N–H and O–H groups in total. The molecule has 4 heteroatoms. The number of rotatable bonds is 5. The number of alkyl halides is 1. The van der Waals surface area contributed by atoms with Crippen molar-refractivity contribution in [3.05, 3.63) is 22.4 Å². The molecule has 0 bridgehead atoms. The number of nitrogens with one attached hydrogen (secondary N) is 1. The smallest absolute Gasteiger partial charge is 0.224 e. The zero-order valence-electron chi connectivity index (χ0n) is 10.6. The van der Waals surface area contributed by atoms with Gasteiger partial charge in [0.1, 0.15) is 0 Å². The predicted molar refractivity (Wildman–Crippen MR) is 80.3 cm³/mol. The van der Waals surface area contributed by atoms with Gasteiger partial charge in [-0.05, 0) is 40.6 Å². The Balaban J connectivity index is 1.80. The second-order valence-electron chi connectivity index (χ2n) is 5.28. The lowest BCUT2D eigenvalue weighted by Crippen LogP contribution is -2.40. The molecule has 0 saturated heterocycles. The molecule has 0 aliphatic heterocycles. The summed E-state index contributed by atoms with van der Waals surface area (Å²) in [5.41, 5.74) is 1.41. The Bertz CT molecular complexity index is 371. The lowest BCUT2D eigenvalue weighted by Gasteiger charge is -2.35. The number of amides is 1. The average molecular weight is 330 g/mol. The highest BCUT2D eigenvalue weighted by molar-refractivity contribution is 9.09. The van der Waals surface area contributed by atoms with Gasteiger partial charge in [0.05, 0.1) is 6.42 Å². The van der Waals surface area contributed by atoms with E-state index in [1.165, 1.54) is 32.1 Å². The molecule has 1 heterocycles. The summed E-state index contributed by atoms with van der Waals surface area (Å²) in [5, 5.41) is 8.18. The molecule has 0 radical (unpaired) electrons. The normalized spacial score (nSPS) is 18.5. The van der Waals surface area contributed by atoms with E-state index in [0.717, 1.165) is 17.4 Å². The fourth-order valence-electron chi connectivity index (χ4n) is 2.59. The lowest BCUT2D eigenvalue weighted by atomic mass is 9.75. The topological polar surface area (TPSA) is 29.1 Å². The molecule has 18 heavy (non-hydrogen) atoms. The average Bonchev–Trinajstić information content (AvgIpc) is 2.90. The predicted octanol–water partition coefficient (Wildman–Crippen LogP) is 3.75. The molecule has 0 atom stereocenters. The Morgan fingerprint density at radius 3 is 2.78 bits per heavy atom. The van der Waals surface area contributed by atoms with Crippen molar-refractivity contribution in [1.29, 1.82) is 0 Å². The van der Waals surface area contributed by atoms with Crippen molar-refractivity contribution >= 4 is 33.2 Å². The largest absolute Gasteiger partial charge is 0.355 e. The van der Waals surface area contributed by atoms with Crippen LogP contribution < -0.4 is 5.32 Å². The van der Waals surface area contributed by atoms with E-state index in [1.54, 1.807) is 11.3 Å². The lowest BCUT2D eigenvalue weighted by molar-refractivity contribution is -0.121. The Kier molecular flexibility index (Phi) is 5.25. The van der Waals surface area contributed by atoms with Gasteiger partial charge in [-0.15, -0.1) is 0 Å². The van der Waals surface area contributed by atoms with Crippen molar-refractivity contribution < 1.29 is 4.79 Å². The molecule has 1 amide bonds. The van der Waals surface area contributed by atoms with Gasteiger partial charge in [-0.3, -0.25) is 4.79 Å². The Labute approximate surface area is 121 Å². The second kappa shape index (κ2) is 6.71. The molecule has 1 aliphatic carbocycles. The van der Waals surface area contributed by atoms with Gasteiger partial charge in [0, 0.05) is 11.9 Å². The summed E-state index contributed by atoms with van der Waals surface area (Å²) in [6.07, 6.45) is 6.92. The maximum atomic E-state index is 11.9. The summed E-state index contributed by atoms with van der Waals surface area (Å²) in [6.45, 7) is 0.821. The SMILES string of the molecule is O=C(Cc1ccsc1)NCC1(CBr)CCCCC1. The van der Waals surface area contributed by atoms with Crippen molar-refractivity contribution in [3.8, 4) is 0 Å². The van der Waals surface area contributed by atoms with Crippen LogP contribution in [0, 0.1) is 5.41 Å². The van der Waals surface area contributed by atoms with Gasteiger partial charge in [-0.25, -0.2) is 0 Å². The first-order valence-electron chi connectivity index (χ1n) is 6.58. The van der Waals surface area contributed by atoms with Gasteiger partial charge in [0.2, 0.25) is 5.91 Å². The first kappa shape index (κ1) is 14.1. The third-order valence-corrected chi connectivity index (χ3v) is 5.72. The zero-order valence-corrected chi connectivity index (χ0v) is 13.0. The maximum absolute atomic E-state index is 11.9. The van der Waals surface area contributed by atoms with Crippen LogP contribution in [0.25, 0.3) is 0 Å². The number of carbonyl (C=O) groups excluding carboxylic acids is 1. The molecule has 1 aliphatic rings. The van der Waals surface area contributed by atoms with Crippen molar-refractivity contribution in [2.45, 2.75) is 38.5 Å². The van der Waals surface area contributed by atoms with Gasteiger partial charge in [0.15, 0.2) is 0 Å². The summed E-state index contributed by atoms with van der Waals surface area (Å²) in [7, 11) is 0. The molecule has 0 unspecified atom stereocenters. The standard InChI is InChI=1S/C14H20BrNOS/c15-10-14(5-2-1-3-6-14)11-16-13(17)8-12-4-7-18-9-12/h4,7,9H,1-3,5-6,8,10-11H2,(H,16,17). The van der Waals surface area contributed by atoms with Crippen LogP contribution in [-0.2, 0) is 11.2 Å². The van der Waals surface area contributed by atoms with Crippen LogP contribution in [0.5, 0.6) is 0 Å². The van der Waals surface area contributed by atoms with Crippen LogP contribution in [0.15, 0.2) is 16.8 Å². The highest BCUT2D eigenvalue weighted by atomic mass is 79.9. The molecule has 2 nitrogen and oxygen atoms in total. The van der Waals surface area contributed by atoms with Crippen LogP contribution in [-0.4, -0.2) is 17.8 Å². The first-order chi connectivity index (χ1) is 8.74. The van der Waals surface area contributed by atoms with E-state index in [0.29, 0.717) is 11.8 Å². The van der Waals surface area contributed by atoms with E-state index in [4.69, 9.17) is 0 Å². The minimum Gasteiger partial charge on any atom is -0.355 e. The molecule has 0 aromatic carbocycles. The second-order valence-corrected chi connectivity index (χ2v) is 6.62. The Morgan fingerprint density at radius 1 is 1.39 bits per heavy atom. The monoisotopic (exact) mass is 329 g/mol. The van der Waals surface area contributed by atoms with Gasteiger partial charge in [-0.1, -0.05) is 35.2 Å². The van der Waals surface area contributed by atoms with Crippen LogP contribution in [0.3, 0.4) is 0 Å². The van der Waals surface area contributed by atoms with Crippen LogP contribution in [0.2, 0.25) is 0 Å². The van der Waals surface area contributed by atoms with E-state index in [9.17, 15) is 4.79 Å². The Morgan fingerprint density at radius 2 is 2.17 bits per heavy atom. The van der Waals surface area contributed by atoms with Crippen LogP contribution in [0.4, 0.5) is 0 Å². The summed E-state index contributed by atoms with van der Waals surface area (Å²) in [6, 6.07) is 2.02. The molecule has 2 rings (SSSR count). The molecule has 1 aromatic rings. The zero-order chi connectivity index (χ0) is 12.8. The van der Waals surface area contributed by atoms with E-state index in [-0.39, 0.29) is 5.91 Å². The summed E-state index contributed by atoms with van der Waals surface area (Å²) in [5.74, 6) is 0.152. The summed E-state index contributed by atoms with van der Waals surface area (Å²) >= 11 is 5.27. The molecule has 1 aromatic heterocycles. The van der Waals surface area contributed by atoms with Gasteiger partial charge in [0.25, 0.3) is 0 Å². The molecule has 100 valence electrons. The van der Waals surface area contributed by atoms with Crippen molar-refractivity contribution in [2.75, 3.05) is 11.9 Å². The molecular formula is C14H20BrNOS. The van der Waals surface area contributed by atoms with E-state index in [1.807, 2.05) is 16.8 Å². The Hall–Kier alpha value is -0.350. The van der Waals surface area contributed by atoms with Crippen LogP contribution >= 0.6 is 27.3 Å². The van der Waals surface area contributed by atoms with Crippen LogP contribution in [0.1, 0.15) is 37.7 Å². The third-order valence-electron chi connectivity index (χ3n) is 3.80. The third kappa shape index (κ3) is 3.82. The number of hydrogen-bond acceptors (Lipinski definition) is 2. The van der Waals surface area contributed by atoms with E-state index >= 15 is 0 Å². The van der Waals surface area contributed by atoms with Crippen molar-refractivity contribution in [3.63, 3.8) is 0 Å². The number of halogens is 1. The number of carbonyl (C=O) groups is 1. The first-order valence-corrected chi connectivity index (χ1v) is 8.64. The summed E-state index contributed by atoms with van der Waals surface area (Å²) in [4.78, 5) is 11.9. The fraction of sp³-hybridized carbons (Fsp3) is 0.643. The van der Waals surface area contributed by atoms with Gasteiger partial charge < -0.3 is 5.32 Å². The molecular weight excluding hydrogens is 310 g/mol. The highest BCUT2D eigenvalue weighted by Gasteiger charge is 2.31. The molecule has 1 fully saturated rings. The highest BCUT2D eigenvalue weighted by Crippen LogP contribution is 2.37.